The first kappa shape index (κ1) is 17.5. The van der Waals surface area contributed by atoms with Crippen LogP contribution in [0.15, 0.2) is 10.6 Å². The highest BCUT2D eigenvalue weighted by Crippen LogP contribution is 2.48. The van der Waals surface area contributed by atoms with Gasteiger partial charge in [0.05, 0.1) is 5.69 Å². The molecule has 1 aromatic heterocycles. The van der Waals surface area contributed by atoms with Crippen LogP contribution >= 0.6 is 0 Å². The maximum Gasteiger partial charge on any atom is 0.223 e. The summed E-state index contributed by atoms with van der Waals surface area (Å²) in [4.78, 5) is 12.4. The zero-order valence-corrected chi connectivity index (χ0v) is 15.6. The van der Waals surface area contributed by atoms with E-state index in [2.05, 4.69) is 44.2 Å². The fraction of sp³-hybridized carbons (Fsp3) is 0.800. The van der Waals surface area contributed by atoms with Gasteiger partial charge in [-0.2, -0.15) is 0 Å². The van der Waals surface area contributed by atoms with Gasteiger partial charge in [0.25, 0.3) is 0 Å². The second kappa shape index (κ2) is 6.89. The second-order valence-corrected chi connectivity index (χ2v) is 8.88. The van der Waals surface area contributed by atoms with Gasteiger partial charge in [-0.15, -0.1) is 0 Å². The molecule has 0 radical (unpaired) electrons. The quantitative estimate of drug-likeness (QED) is 0.852. The maximum absolute atomic E-state index is 12.4. The lowest BCUT2D eigenvalue weighted by Gasteiger charge is -2.52. The zero-order chi connectivity index (χ0) is 17.3. The summed E-state index contributed by atoms with van der Waals surface area (Å²) in [6, 6.07) is 2.41. The number of carbonyl (C=O) groups is 1. The molecule has 2 aliphatic carbocycles. The summed E-state index contributed by atoms with van der Waals surface area (Å²) in [5.74, 6) is 2.67. The Labute approximate surface area is 145 Å². The first-order valence-electron chi connectivity index (χ1n) is 9.61. The van der Waals surface area contributed by atoms with Crippen LogP contribution < -0.4 is 5.32 Å². The van der Waals surface area contributed by atoms with Gasteiger partial charge in [-0.3, -0.25) is 4.79 Å². The Morgan fingerprint density at radius 1 is 1.38 bits per heavy atom. The van der Waals surface area contributed by atoms with Crippen molar-refractivity contribution in [3.05, 3.63) is 17.5 Å². The van der Waals surface area contributed by atoms with Gasteiger partial charge in [-0.1, -0.05) is 45.7 Å². The fourth-order valence-electron chi connectivity index (χ4n) is 4.29. The molecule has 2 aliphatic rings. The zero-order valence-electron chi connectivity index (χ0n) is 15.6. The van der Waals surface area contributed by atoms with Crippen molar-refractivity contribution < 1.29 is 9.32 Å². The Hall–Kier alpha value is -1.32. The summed E-state index contributed by atoms with van der Waals surface area (Å²) in [7, 11) is 0. The van der Waals surface area contributed by atoms with Gasteiger partial charge in [0.1, 0.15) is 5.76 Å². The third-order valence-corrected chi connectivity index (χ3v) is 6.19. The Morgan fingerprint density at radius 3 is 2.71 bits per heavy atom. The highest BCUT2D eigenvalue weighted by atomic mass is 16.5. The molecule has 4 heteroatoms. The third-order valence-electron chi connectivity index (χ3n) is 6.19. The normalized spacial score (nSPS) is 26.5. The summed E-state index contributed by atoms with van der Waals surface area (Å²) in [5.41, 5.74) is 1.19. The van der Waals surface area contributed by atoms with E-state index in [-0.39, 0.29) is 17.2 Å². The topological polar surface area (TPSA) is 55.1 Å². The Morgan fingerprint density at radius 2 is 2.08 bits per heavy atom. The number of hydrogen-bond donors (Lipinski definition) is 1. The van der Waals surface area contributed by atoms with Crippen LogP contribution in [-0.2, 0) is 17.6 Å². The van der Waals surface area contributed by atoms with E-state index >= 15 is 0 Å². The lowest BCUT2D eigenvalue weighted by Crippen LogP contribution is -2.59. The smallest absolute Gasteiger partial charge is 0.223 e. The van der Waals surface area contributed by atoms with E-state index in [1.54, 1.807) is 0 Å². The molecule has 0 spiro atoms. The molecule has 1 N–H and O–H groups in total. The molecule has 24 heavy (non-hydrogen) atoms. The number of carbonyl (C=O) groups excluding carboxylic acids is 1. The fourth-order valence-corrected chi connectivity index (χ4v) is 4.29. The number of rotatable bonds is 6. The standard InChI is InChI=1S/C20H32N2O2/c1-13(2)9-17-12-16(22-24-17)10-15-11-18(20(15,3)4)21-19(23)14-7-5-6-8-14/h12-15,18H,5-11H2,1-4H3,(H,21,23)/t15-,18+/m1/s1. The lowest BCUT2D eigenvalue weighted by molar-refractivity contribution is -0.129. The molecule has 0 aliphatic heterocycles. The minimum atomic E-state index is 0.130. The van der Waals surface area contributed by atoms with Crippen LogP contribution in [0.2, 0.25) is 0 Å². The van der Waals surface area contributed by atoms with Crippen LogP contribution in [0.4, 0.5) is 0 Å². The van der Waals surface area contributed by atoms with Gasteiger partial charge in [0, 0.05) is 24.4 Å². The average molecular weight is 332 g/mol. The van der Waals surface area contributed by atoms with E-state index in [9.17, 15) is 4.79 Å². The van der Waals surface area contributed by atoms with Crippen molar-refractivity contribution in [3.8, 4) is 0 Å². The van der Waals surface area contributed by atoms with Gasteiger partial charge >= 0.3 is 0 Å². The van der Waals surface area contributed by atoms with E-state index in [0.29, 0.717) is 17.9 Å². The van der Waals surface area contributed by atoms with Gasteiger partial charge < -0.3 is 9.84 Å². The first-order valence-corrected chi connectivity index (χ1v) is 9.61. The molecule has 1 heterocycles. The number of amides is 1. The Bertz CT molecular complexity index is 570. The Balaban J connectivity index is 1.52. The molecular formula is C20H32N2O2. The molecule has 0 saturated heterocycles. The van der Waals surface area contributed by atoms with Crippen LogP contribution in [0.1, 0.15) is 71.3 Å². The highest BCUT2D eigenvalue weighted by Gasteiger charge is 2.49. The van der Waals surface area contributed by atoms with E-state index in [0.717, 1.165) is 43.6 Å². The SMILES string of the molecule is CC(C)Cc1cc(C[C@@H]2C[C@H](NC(=O)C3CCCC3)C2(C)C)no1. The summed E-state index contributed by atoms with van der Waals surface area (Å²) >= 11 is 0. The predicted octanol–water partition coefficient (Wildman–Crippen LogP) is 4.14. The summed E-state index contributed by atoms with van der Waals surface area (Å²) < 4.78 is 5.45. The van der Waals surface area contributed by atoms with Crippen molar-refractivity contribution in [2.75, 3.05) is 0 Å². The minimum absolute atomic E-state index is 0.130. The molecule has 3 rings (SSSR count). The van der Waals surface area contributed by atoms with E-state index in [4.69, 9.17) is 4.52 Å². The molecule has 0 unspecified atom stereocenters. The van der Waals surface area contributed by atoms with Crippen molar-refractivity contribution in [2.24, 2.45) is 23.2 Å². The van der Waals surface area contributed by atoms with Crippen molar-refractivity contribution in [1.82, 2.24) is 10.5 Å². The van der Waals surface area contributed by atoms with Crippen molar-refractivity contribution in [2.45, 2.75) is 78.7 Å². The first-order chi connectivity index (χ1) is 11.4. The van der Waals surface area contributed by atoms with Crippen LogP contribution in [0.25, 0.3) is 0 Å². The summed E-state index contributed by atoms with van der Waals surface area (Å²) in [6.07, 6.45) is 7.50. The van der Waals surface area contributed by atoms with Gasteiger partial charge in [0.2, 0.25) is 5.91 Å². The largest absolute Gasteiger partial charge is 0.361 e. The van der Waals surface area contributed by atoms with Gasteiger partial charge in [0.15, 0.2) is 0 Å². The van der Waals surface area contributed by atoms with Crippen LogP contribution in [-0.4, -0.2) is 17.1 Å². The molecule has 2 atom stereocenters. The van der Waals surface area contributed by atoms with Crippen molar-refractivity contribution in [1.29, 1.82) is 0 Å². The maximum atomic E-state index is 12.4. The van der Waals surface area contributed by atoms with E-state index in [1.165, 1.54) is 12.8 Å². The average Bonchev–Trinajstić information content (AvgIpc) is 3.17. The molecule has 4 nitrogen and oxygen atoms in total. The molecule has 2 fully saturated rings. The molecule has 134 valence electrons. The monoisotopic (exact) mass is 332 g/mol. The van der Waals surface area contributed by atoms with E-state index in [1.807, 2.05) is 0 Å². The molecular weight excluding hydrogens is 300 g/mol. The molecule has 1 amide bonds. The number of hydrogen-bond acceptors (Lipinski definition) is 3. The minimum Gasteiger partial charge on any atom is -0.361 e. The van der Waals surface area contributed by atoms with E-state index < -0.39 is 0 Å². The molecule has 2 saturated carbocycles. The van der Waals surface area contributed by atoms with Crippen LogP contribution in [0.3, 0.4) is 0 Å². The van der Waals surface area contributed by atoms with Crippen LogP contribution in [0, 0.1) is 23.2 Å². The number of aromatic nitrogens is 1. The highest BCUT2D eigenvalue weighted by molar-refractivity contribution is 5.79. The second-order valence-electron chi connectivity index (χ2n) is 8.88. The Kier molecular flexibility index (Phi) is 5.03. The molecule has 1 aromatic rings. The summed E-state index contributed by atoms with van der Waals surface area (Å²) in [6.45, 7) is 8.93. The summed E-state index contributed by atoms with van der Waals surface area (Å²) in [5, 5.41) is 7.56. The van der Waals surface area contributed by atoms with Crippen molar-refractivity contribution >= 4 is 5.91 Å². The third kappa shape index (κ3) is 3.68. The molecule has 0 aromatic carbocycles. The predicted molar refractivity (Wildman–Crippen MR) is 94.5 cm³/mol. The molecule has 0 bridgehead atoms. The number of nitrogens with zero attached hydrogens (tertiary/aromatic N) is 1. The number of nitrogens with one attached hydrogen (secondary N) is 1. The van der Waals surface area contributed by atoms with Crippen LogP contribution in [0.5, 0.6) is 0 Å². The van der Waals surface area contributed by atoms with Crippen molar-refractivity contribution in [3.63, 3.8) is 0 Å². The lowest BCUT2D eigenvalue weighted by atomic mass is 9.57. The van der Waals surface area contributed by atoms with Gasteiger partial charge in [-0.05, 0) is 42.9 Å². The van der Waals surface area contributed by atoms with Gasteiger partial charge in [-0.25, -0.2) is 0 Å².